The summed E-state index contributed by atoms with van der Waals surface area (Å²) in [5, 5.41) is 26.9. The number of nitrogens with two attached hydrogens (primary N) is 1. The zero-order valence-electron chi connectivity index (χ0n) is 27.2. The first kappa shape index (κ1) is 36.0. The first-order valence-electron chi connectivity index (χ1n) is 16.6. The van der Waals surface area contributed by atoms with Crippen LogP contribution in [-0.4, -0.2) is 66.3 Å². The Bertz CT molecular complexity index is 1450. The van der Waals surface area contributed by atoms with Crippen molar-refractivity contribution in [3.8, 4) is 0 Å². The smallest absolute Gasteiger partial charge is 0.321 e. The number of anilines is 1. The van der Waals surface area contributed by atoms with Gasteiger partial charge in [-0.1, -0.05) is 42.3 Å². The van der Waals surface area contributed by atoms with Gasteiger partial charge < -0.3 is 26.0 Å². The Morgan fingerprint density at radius 2 is 1.91 bits per heavy atom. The molecule has 12 heteroatoms. The summed E-state index contributed by atoms with van der Waals surface area (Å²) in [6.45, 7) is 8.35. The fourth-order valence-corrected chi connectivity index (χ4v) is 9.22. The number of aliphatic hydroxyl groups is 1. The van der Waals surface area contributed by atoms with Gasteiger partial charge in [0.1, 0.15) is 11.5 Å². The maximum atomic E-state index is 16.0. The molecule has 47 heavy (non-hydrogen) atoms. The van der Waals surface area contributed by atoms with Crippen molar-refractivity contribution in [1.29, 1.82) is 0 Å². The third-order valence-corrected chi connectivity index (χ3v) is 12.2. The first-order valence-corrected chi connectivity index (χ1v) is 17.3. The topological polar surface area (TPSA) is 146 Å². The molecule has 3 fully saturated rings. The molecule has 5 rings (SSSR count). The predicted octanol–water partition coefficient (Wildman–Crippen LogP) is 6.22. The second-order valence-electron chi connectivity index (χ2n) is 14.4. The monoisotopic (exact) mass is 692 g/mol. The van der Waals surface area contributed by atoms with Crippen LogP contribution in [0.2, 0.25) is 5.02 Å². The van der Waals surface area contributed by atoms with Gasteiger partial charge in [0.2, 0.25) is 5.91 Å². The Morgan fingerprint density at radius 1 is 1.23 bits per heavy atom. The van der Waals surface area contributed by atoms with Crippen LogP contribution >= 0.6 is 23.2 Å². The highest BCUT2D eigenvalue weighted by molar-refractivity contribution is 6.31. The number of ether oxygens (including phenoxy) is 1. The van der Waals surface area contributed by atoms with E-state index in [-0.39, 0.29) is 29.1 Å². The number of amides is 1. The highest BCUT2D eigenvalue weighted by Gasteiger charge is 2.73. The summed E-state index contributed by atoms with van der Waals surface area (Å²) in [6.07, 6.45) is 9.13. The summed E-state index contributed by atoms with van der Waals surface area (Å²) >= 11 is 12.4. The molecule has 1 aromatic rings. The molecule has 3 atom stereocenters. The number of aliphatic hydroxyl groups excluding tert-OH is 1. The predicted molar refractivity (Wildman–Crippen MR) is 182 cm³/mol. The number of hydrogen-bond donors (Lipinski definition) is 5. The standard InChI is InChI=1S/C35H47Cl2FN4O5/c1-4-23(27(38)29(37)40-3)26-28(30(44)45)42-34(35(26)24-7-6-21(36)18-25(24)41-31(35)46)15-13-32(2,14-16-34)10-5-17-47-20-33(19-43)11-8-22(39)9-12-33/h4,6-7,18,22,26,28,42-43H,3,5,8-17,19-20,39H2,1-2H3,(H,41,46)(H,44,45)/b23-4-,29-27+/t22?,26-,28+,32?,33?,34?,35?/m0/s1. The second kappa shape index (κ2) is 13.9. The van der Waals surface area contributed by atoms with Crippen molar-refractivity contribution in [2.24, 2.45) is 27.5 Å². The van der Waals surface area contributed by atoms with Gasteiger partial charge in [0, 0.05) is 40.2 Å². The lowest BCUT2D eigenvalue weighted by molar-refractivity contribution is -0.140. The largest absolute Gasteiger partial charge is 0.480 e. The molecule has 6 N–H and O–H groups in total. The maximum absolute atomic E-state index is 16.0. The van der Waals surface area contributed by atoms with Crippen LogP contribution in [-0.2, 0) is 19.7 Å². The van der Waals surface area contributed by atoms with Crippen molar-refractivity contribution in [3.05, 3.63) is 51.4 Å². The molecule has 2 saturated carbocycles. The number of carboxylic acids is 1. The van der Waals surface area contributed by atoms with Crippen LogP contribution in [0.5, 0.6) is 0 Å². The minimum absolute atomic E-state index is 0.0109. The number of fused-ring (bicyclic) bond motifs is 3. The minimum Gasteiger partial charge on any atom is -0.480 e. The van der Waals surface area contributed by atoms with E-state index in [0.29, 0.717) is 55.2 Å². The lowest BCUT2D eigenvalue weighted by Gasteiger charge is -2.51. The van der Waals surface area contributed by atoms with Crippen LogP contribution in [0.25, 0.3) is 0 Å². The van der Waals surface area contributed by atoms with Gasteiger partial charge in [-0.3, -0.25) is 14.9 Å². The number of aliphatic carboxylic acids is 1. The van der Waals surface area contributed by atoms with E-state index in [4.69, 9.17) is 33.7 Å². The zero-order chi connectivity index (χ0) is 34.2. The Labute approximate surface area is 286 Å². The Hall–Kier alpha value is -2.34. The number of benzene rings is 1. The Kier molecular flexibility index (Phi) is 10.6. The van der Waals surface area contributed by atoms with Crippen molar-refractivity contribution >= 4 is 47.5 Å². The average Bonchev–Trinajstić information content (AvgIpc) is 3.51. The number of hydrogen-bond acceptors (Lipinski definition) is 7. The number of aliphatic imine (C=N–C) groups is 1. The number of rotatable bonds is 11. The second-order valence-corrected chi connectivity index (χ2v) is 15.2. The lowest BCUT2D eigenvalue weighted by Crippen LogP contribution is -2.62. The quantitative estimate of drug-likeness (QED) is 0.0801. The van der Waals surface area contributed by atoms with E-state index < -0.39 is 45.8 Å². The summed E-state index contributed by atoms with van der Waals surface area (Å²) < 4.78 is 22.1. The van der Waals surface area contributed by atoms with Gasteiger partial charge in [-0.2, -0.15) is 0 Å². The molecular formula is C35H47Cl2FN4O5. The molecule has 9 nitrogen and oxygen atoms in total. The third kappa shape index (κ3) is 6.30. The molecule has 2 heterocycles. The number of nitrogens with zero attached hydrogens (tertiary/aromatic N) is 1. The van der Waals surface area contributed by atoms with Crippen LogP contribution in [0.15, 0.2) is 45.8 Å². The number of nitrogens with one attached hydrogen (secondary N) is 2. The fourth-order valence-electron chi connectivity index (χ4n) is 8.94. The highest BCUT2D eigenvalue weighted by Crippen LogP contribution is 2.63. The molecule has 0 bridgehead atoms. The van der Waals surface area contributed by atoms with Crippen LogP contribution in [0, 0.1) is 16.7 Å². The van der Waals surface area contributed by atoms with Crippen molar-refractivity contribution in [2.45, 2.75) is 101 Å². The van der Waals surface area contributed by atoms with E-state index in [2.05, 4.69) is 29.3 Å². The van der Waals surface area contributed by atoms with Crippen LogP contribution in [0.4, 0.5) is 10.1 Å². The van der Waals surface area contributed by atoms with Gasteiger partial charge in [0.25, 0.3) is 0 Å². The molecule has 0 aromatic heterocycles. The molecule has 1 saturated heterocycles. The van der Waals surface area contributed by atoms with Crippen LogP contribution < -0.4 is 16.4 Å². The van der Waals surface area contributed by atoms with Gasteiger partial charge in [-0.25, -0.2) is 9.38 Å². The summed E-state index contributed by atoms with van der Waals surface area (Å²) in [6, 6.07) is 3.99. The van der Waals surface area contributed by atoms with Crippen LogP contribution in [0.1, 0.15) is 83.6 Å². The average molecular weight is 694 g/mol. The molecule has 1 amide bonds. The molecule has 1 unspecified atom stereocenters. The zero-order valence-corrected chi connectivity index (χ0v) is 28.7. The SMILES string of the molecule is C=N/C(Cl)=C(F)\C(=C/C)[C@H]1[C@H](C(=O)O)NC2(CCC(C)(CCCOCC3(CO)CCC(N)CC3)CC2)C12C(=O)Nc1cc(Cl)ccc12. The van der Waals surface area contributed by atoms with Crippen molar-refractivity contribution in [3.63, 3.8) is 0 Å². The van der Waals surface area contributed by atoms with E-state index in [0.717, 1.165) is 38.5 Å². The summed E-state index contributed by atoms with van der Waals surface area (Å²) in [7, 11) is 0. The number of allylic oxidation sites excluding steroid dienone is 2. The fraction of sp³-hybridized carbons (Fsp3) is 0.629. The van der Waals surface area contributed by atoms with Gasteiger partial charge >= 0.3 is 5.97 Å². The first-order chi connectivity index (χ1) is 22.3. The Morgan fingerprint density at radius 3 is 2.51 bits per heavy atom. The molecular weight excluding hydrogens is 646 g/mol. The van der Waals surface area contributed by atoms with Crippen molar-refractivity contribution < 1.29 is 28.9 Å². The van der Waals surface area contributed by atoms with E-state index >= 15 is 4.39 Å². The third-order valence-electron chi connectivity index (χ3n) is 11.7. The molecule has 1 aromatic carbocycles. The highest BCUT2D eigenvalue weighted by atomic mass is 35.5. The molecule has 258 valence electrons. The molecule has 2 aliphatic carbocycles. The number of carboxylic acid groups (broad SMARTS) is 1. The normalized spacial score (nSPS) is 35.9. The maximum Gasteiger partial charge on any atom is 0.321 e. The van der Waals surface area contributed by atoms with E-state index in [1.807, 2.05) is 0 Å². The van der Waals surface area contributed by atoms with Gasteiger partial charge in [-0.05, 0) is 107 Å². The summed E-state index contributed by atoms with van der Waals surface area (Å²) in [5.74, 6) is -3.64. The molecule has 4 aliphatic rings. The number of halogens is 3. The van der Waals surface area contributed by atoms with Gasteiger partial charge in [0.05, 0.1) is 13.2 Å². The minimum atomic E-state index is -1.47. The number of carbonyl (C=O) groups is 2. The lowest BCUT2D eigenvalue weighted by atomic mass is 9.52. The summed E-state index contributed by atoms with van der Waals surface area (Å²) in [5.41, 5.74) is 4.35. The molecule has 2 aliphatic heterocycles. The van der Waals surface area contributed by atoms with Crippen LogP contribution in [0.3, 0.4) is 0 Å². The van der Waals surface area contributed by atoms with Gasteiger partial charge in [-0.15, -0.1) is 0 Å². The van der Waals surface area contributed by atoms with Crippen molar-refractivity contribution in [1.82, 2.24) is 5.32 Å². The van der Waals surface area contributed by atoms with E-state index in [1.165, 1.54) is 6.08 Å². The number of carbonyl (C=O) groups excluding carboxylic acids is 1. The van der Waals surface area contributed by atoms with E-state index in [1.54, 1.807) is 25.1 Å². The Balaban J connectivity index is 1.41. The van der Waals surface area contributed by atoms with Crippen molar-refractivity contribution in [2.75, 3.05) is 25.1 Å². The van der Waals surface area contributed by atoms with Gasteiger partial charge in [0.15, 0.2) is 11.0 Å². The molecule has 2 spiro atoms. The van der Waals surface area contributed by atoms with E-state index in [9.17, 15) is 19.8 Å². The molecule has 0 radical (unpaired) electrons. The summed E-state index contributed by atoms with van der Waals surface area (Å²) in [4.78, 5) is 31.0.